The van der Waals surface area contributed by atoms with Crippen LogP contribution in [0.4, 0.5) is 0 Å². The summed E-state index contributed by atoms with van der Waals surface area (Å²) in [5.41, 5.74) is 3.82. The van der Waals surface area contributed by atoms with Crippen molar-refractivity contribution in [3.63, 3.8) is 0 Å². The van der Waals surface area contributed by atoms with Gasteiger partial charge >= 0.3 is 5.97 Å². The quantitative estimate of drug-likeness (QED) is 0.662. The minimum Gasteiger partial charge on any atom is -0.478 e. The van der Waals surface area contributed by atoms with Crippen LogP contribution in [0.25, 0.3) is 11.6 Å². The number of rotatable bonds is 3. The molecule has 0 spiro atoms. The Bertz CT molecular complexity index is 687. The fraction of sp³-hybridized carbons (Fsp3) is 0.118. The second-order valence-electron chi connectivity index (χ2n) is 4.74. The van der Waals surface area contributed by atoms with Gasteiger partial charge in [-0.05, 0) is 48.7 Å². The molecule has 0 aliphatic heterocycles. The predicted molar refractivity (Wildman–Crippen MR) is 82.9 cm³/mol. The van der Waals surface area contributed by atoms with Crippen LogP contribution in [0.1, 0.15) is 22.3 Å². The number of hydrogen-bond donors (Lipinski definition) is 1. The first-order chi connectivity index (χ1) is 9.47. The lowest BCUT2D eigenvalue weighted by Crippen LogP contribution is -2.01. The lowest BCUT2D eigenvalue weighted by molar-refractivity contribution is -0.130. The number of hydrogen-bond acceptors (Lipinski definition) is 1. The Morgan fingerprint density at radius 1 is 1.15 bits per heavy atom. The zero-order valence-electron chi connectivity index (χ0n) is 11.4. The Balaban J connectivity index is 2.54. The molecule has 1 N–H and O–H groups in total. The van der Waals surface area contributed by atoms with Crippen molar-refractivity contribution in [2.45, 2.75) is 13.8 Å². The van der Waals surface area contributed by atoms with E-state index in [4.69, 9.17) is 11.6 Å². The highest BCUT2D eigenvalue weighted by Crippen LogP contribution is 2.24. The SMILES string of the molecule is Cc1ccc(/C(=C/c2cccc(Cl)c2)C(=O)O)c(C)c1. The Morgan fingerprint density at radius 2 is 1.90 bits per heavy atom. The lowest BCUT2D eigenvalue weighted by Gasteiger charge is -2.08. The second kappa shape index (κ2) is 5.93. The van der Waals surface area contributed by atoms with E-state index in [1.165, 1.54) is 0 Å². The molecule has 0 saturated heterocycles. The molecule has 0 bridgehead atoms. The van der Waals surface area contributed by atoms with Crippen LogP contribution in [0.3, 0.4) is 0 Å². The minimum absolute atomic E-state index is 0.268. The molecule has 0 radical (unpaired) electrons. The van der Waals surface area contributed by atoms with Gasteiger partial charge in [0.1, 0.15) is 0 Å². The summed E-state index contributed by atoms with van der Waals surface area (Å²) in [6, 6.07) is 12.9. The van der Waals surface area contributed by atoms with Crippen LogP contribution in [0.5, 0.6) is 0 Å². The predicted octanol–water partition coefficient (Wildman–Crippen LogP) is 4.58. The summed E-state index contributed by atoms with van der Waals surface area (Å²) in [7, 11) is 0. The first-order valence-electron chi connectivity index (χ1n) is 6.25. The lowest BCUT2D eigenvalue weighted by atomic mass is 9.97. The van der Waals surface area contributed by atoms with Gasteiger partial charge in [-0.3, -0.25) is 0 Å². The summed E-state index contributed by atoms with van der Waals surface area (Å²) < 4.78 is 0. The highest BCUT2D eigenvalue weighted by Gasteiger charge is 2.13. The number of aliphatic carboxylic acids is 1. The van der Waals surface area contributed by atoms with E-state index >= 15 is 0 Å². The molecule has 102 valence electrons. The smallest absolute Gasteiger partial charge is 0.336 e. The zero-order valence-corrected chi connectivity index (χ0v) is 12.1. The first kappa shape index (κ1) is 14.4. The van der Waals surface area contributed by atoms with E-state index in [2.05, 4.69) is 0 Å². The molecule has 0 heterocycles. The molecule has 2 aromatic rings. The molecule has 0 amide bonds. The third-order valence-corrected chi connectivity index (χ3v) is 3.30. The molecular formula is C17H15ClO2. The van der Waals surface area contributed by atoms with E-state index in [9.17, 15) is 9.90 Å². The summed E-state index contributed by atoms with van der Waals surface area (Å²) >= 11 is 5.93. The van der Waals surface area contributed by atoms with Crippen LogP contribution in [-0.4, -0.2) is 11.1 Å². The Kier molecular flexibility index (Phi) is 4.26. The summed E-state index contributed by atoms with van der Waals surface area (Å²) in [6.07, 6.45) is 1.64. The highest BCUT2D eigenvalue weighted by atomic mass is 35.5. The summed E-state index contributed by atoms with van der Waals surface area (Å²) in [4.78, 5) is 11.5. The summed E-state index contributed by atoms with van der Waals surface area (Å²) in [6.45, 7) is 3.90. The average Bonchev–Trinajstić information content (AvgIpc) is 2.36. The molecule has 3 heteroatoms. The fourth-order valence-corrected chi connectivity index (χ4v) is 2.33. The minimum atomic E-state index is -0.947. The van der Waals surface area contributed by atoms with Crippen LogP contribution in [0, 0.1) is 13.8 Å². The third-order valence-electron chi connectivity index (χ3n) is 3.06. The monoisotopic (exact) mass is 286 g/mol. The first-order valence-corrected chi connectivity index (χ1v) is 6.63. The maximum atomic E-state index is 11.5. The van der Waals surface area contributed by atoms with Gasteiger partial charge in [0, 0.05) is 5.02 Å². The number of aryl methyl sites for hydroxylation is 2. The zero-order chi connectivity index (χ0) is 14.7. The number of benzene rings is 2. The maximum Gasteiger partial charge on any atom is 0.336 e. The summed E-state index contributed by atoms with van der Waals surface area (Å²) in [5, 5.41) is 10.0. The van der Waals surface area contributed by atoms with Gasteiger partial charge in [-0.1, -0.05) is 47.5 Å². The van der Waals surface area contributed by atoms with Crippen molar-refractivity contribution in [1.29, 1.82) is 0 Å². The van der Waals surface area contributed by atoms with E-state index in [1.807, 2.05) is 38.1 Å². The van der Waals surface area contributed by atoms with Crippen LogP contribution in [0.2, 0.25) is 5.02 Å². The molecule has 0 aliphatic rings. The molecule has 2 aromatic carbocycles. The Hall–Kier alpha value is -2.06. The van der Waals surface area contributed by atoms with Crippen molar-refractivity contribution in [3.05, 3.63) is 69.7 Å². The Labute approximate surface area is 123 Å². The molecule has 0 aromatic heterocycles. The maximum absolute atomic E-state index is 11.5. The number of carbonyl (C=O) groups is 1. The van der Waals surface area contributed by atoms with Crippen LogP contribution in [0.15, 0.2) is 42.5 Å². The number of carboxylic acid groups (broad SMARTS) is 1. The molecule has 0 saturated carbocycles. The van der Waals surface area contributed by atoms with Gasteiger partial charge < -0.3 is 5.11 Å². The van der Waals surface area contributed by atoms with Gasteiger partial charge in [0.2, 0.25) is 0 Å². The largest absolute Gasteiger partial charge is 0.478 e. The highest BCUT2D eigenvalue weighted by molar-refractivity contribution is 6.30. The van der Waals surface area contributed by atoms with Gasteiger partial charge in [0.15, 0.2) is 0 Å². The standard InChI is InChI=1S/C17H15ClO2/c1-11-6-7-15(12(2)8-11)16(17(19)20)10-13-4-3-5-14(18)9-13/h3-10H,1-2H3,(H,19,20)/b16-10-. The molecule has 0 fully saturated rings. The third kappa shape index (κ3) is 3.28. The van der Waals surface area contributed by atoms with Crippen LogP contribution in [-0.2, 0) is 4.79 Å². The van der Waals surface area contributed by atoms with E-state index in [1.54, 1.807) is 24.3 Å². The van der Waals surface area contributed by atoms with Crippen molar-refractivity contribution >= 4 is 29.2 Å². The van der Waals surface area contributed by atoms with Crippen molar-refractivity contribution < 1.29 is 9.90 Å². The molecule has 0 unspecified atom stereocenters. The van der Waals surface area contributed by atoms with E-state index in [0.717, 1.165) is 22.3 Å². The Morgan fingerprint density at radius 3 is 2.50 bits per heavy atom. The van der Waals surface area contributed by atoms with Crippen molar-refractivity contribution in [1.82, 2.24) is 0 Å². The number of halogens is 1. The fourth-order valence-electron chi connectivity index (χ4n) is 2.13. The molecule has 0 atom stereocenters. The molecule has 2 rings (SSSR count). The van der Waals surface area contributed by atoms with Gasteiger partial charge in [0.05, 0.1) is 5.57 Å². The van der Waals surface area contributed by atoms with Gasteiger partial charge in [-0.25, -0.2) is 4.79 Å². The van der Waals surface area contributed by atoms with Crippen molar-refractivity contribution in [3.8, 4) is 0 Å². The van der Waals surface area contributed by atoms with Crippen LogP contribution < -0.4 is 0 Å². The van der Waals surface area contributed by atoms with E-state index in [-0.39, 0.29) is 5.57 Å². The van der Waals surface area contributed by atoms with Gasteiger partial charge in [-0.15, -0.1) is 0 Å². The van der Waals surface area contributed by atoms with Crippen LogP contribution >= 0.6 is 11.6 Å². The van der Waals surface area contributed by atoms with E-state index < -0.39 is 5.97 Å². The van der Waals surface area contributed by atoms with Gasteiger partial charge in [0.25, 0.3) is 0 Å². The van der Waals surface area contributed by atoms with Gasteiger partial charge in [-0.2, -0.15) is 0 Å². The molecule has 20 heavy (non-hydrogen) atoms. The number of carboxylic acids is 1. The topological polar surface area (TPSA) is 37.3 Å². The normalized spacial score (nSPS) is 11.4. The van der Waals surface area contributed by atoms with E-state index in [0.29, 0.717) is 5.02 Å². The molecular weight excluding hydrogens is 272 g/mol. The average molecular weight is 287 g/mol. The second-order valence-corrected chi connectivity index (χ2v) is 5.17. The van der Waals surface area contributed by atoms with Crippen molar-refractivity contribution in [2.24, 2.45) is 0 Å². The molecule has 2 nitrogen and oxygen atoms in total. The molecule has 0 aliphatic carbocycles. The summed E-state index contributed by atoms with van der Waals surface area (Å²) in [5.74, 6) is -0.947. The van der Waals surface area contributed by atoms with Crippen molar-refractivity contribution in [2.75, 3.05) is 0 Å².